The van der Waals surface area contributed by atoms with Gasteiger partial charge in [0.15, 0.2) is 0 Å². The van der Waals surface area contributed by atoms with Crippen LogP contribution in [0.5, 0.6) is 0 Å². The SMILES string of the molecule is CSC1=NC(=O)C(=Cc2ccc(F)cc2)S1. The molecule has 82 valence electrons. The highest BCUT2D eigenvalue weighted by molar-refractivity contribution is 8.40. The maximum atomic E-state index is 12.7. The molecule has 0 aliphatic carbocycles. The van der Waals surface area contributed by atoms with Gasteiger partial charge in [0, 0.05) is 0 Å². The molecule has 0 radical (unpaired) electrons. The molecule has 0 spiro atoms. The molecule has 0 atom stereocenters. The Labute approximate surface area is 101 Å². The van der Waals surface area contributed by atoms with Crippen LogP contribution in [0.4, 0.5) is 4.39 Å². The van der Waals surface area contributed by atoms with Gasteiger partial charge < -0.3 is 0 Å². The van der Waals surface area contributed by atoms with E-state index in [0.717, 1.165) is 9.94 Å². The van der Waals surface area contributed by atoms with Gasteiger partial charge in [0.2, 0.25) is 0 Å². The monoisotopic (exact) mass is 253 g/mol. The molecule has 5 heteroatoms. The van der Waals surface area contributed by atoms with E-state index in [1.165, 1.54) is 35.7 Å². The maximum absolute atomic E-state index is 12.7. The molecule has 1 amide bonds. The highest BCUT2D eigenvalue weighted by atomic mass is 32.2. The minimum Gasteiger partial charge on any atom is -0.266 e. The van der Waals surface area contributed by atoms with Gasteiger partial charge >= 0.3 is 0 Å². The molecular formula is C11H8FNOS2. The second-order valence-corrected chi connectivity index (χ2v) is 5.13. The van der Waals surface area contributed by atoms with E-state index >= 15 is 0 Å². The highest BCUT2D eigenvalue weighted by Crippen LogP contribution is 2.32. The molecule has 1 aromatic rings. The Bertz CT molecular complexity index is 479. The lowest BCUT2D eigenvalue weighted by atomic mass is 10.2. The Balaban J connectivity index is 2.21. The first-order chi connectivity index (χ1) is 7.69. The van der Waals surface area contributed by atoms with Crippen molar-refractivity contribution < 1.29 is 9.18 Å². The van der Waals surface area contributed by atoms with Crippen LogP contribution in [0, 0.1) is 5.82 Å². The number of halogens is 1. The van der Waals surface area contributed by atoms with Gasteiger partial charge in [-0.05, 0) is 30.0 Å². The van der Waals surface area contributed by atoms with E-state index in [1.54, 1.807) is 18.2 Å². The minimum absolute atomic E-state index is 0.223. The predicted molar refractivity (Wildman–Crippen MR) is 67.9 cm³/mol. The van der Waals surface area contributed by atoms with Crippen LogP contribution >= 0.6 is 23.5 Å². The van der Waals surface area contributed by atoms with Gasteiger partial charge in [-0.15, -0.1) is 11.8 Å². The van der Waals surface area contributed by atoms with Crippen molar-refractivity contribution in [2.45, 2.75) is 0 Å². The second-order valence-electron chi connectivity index (χ2n) is 3.05. The standard InChI is InChI=1S/C11H8FNOS2/c1-15-11-13-10(14)9(16-11)6-7-2-4-8(12)5-3-7/h2-6H,1H3. The first-order valence-corrected chi connectivity index (χ1v) is 6.55. The number of hydrogen-bond donors (Lipinski definition) is 0. The molecule has 1 aliphatic rings. The number of carbonyl (C=O) groups excluding carboxylic acids is 1. The summed E-state index contributed by atoms with van der Waals surface area (Å²) in [6.07, 6.45) is 3.60. The van der Waals surface area contributed by atoms with Crippen LogP contribution in [-0.4, -0.2) is 16.5 Å². The van der Waals surface area contributed by atoms with Gasteiger partial charge in [-0.25, -0.2) is 4.39 Å². The summed E-state index contributed by atoms with van der Waals surface area (Å²) < 4.78 is 13.4. The summed E-state index contributed by atoms with van der Waals surface area (Å²) in [4.78, 5) is 15.9. The fourth-order valence-electron chi connectivity index (χ4n) is 1.19. The summed E-state index contributed by atoms with van der Waals surface area (Å²) in [5.41, 5.74) is 0.801. The highest BCUT2D eigenvalue weighted by Gasteiger charge is 2.20. The minimum atomic E-state index is -0.284. The quantitative estimate of drug-likeness (QED) is 0.720. The van der Waals surface area contributed by atoms with Crippen molar-refractivity contribution in [1.29, 1.82) is 0 Å². The van der Waals surface area contributed by atoms with E-state index in [-0.39, 0.29) is 11.7 Å². The molecule has 1 heterocycles. The van der Waals surface area contributed by atoms with Crippen LogP contribution in [0.3, 0.4) is 0 Å². The van der Waals surface area contributed by atoms with E-state index < -0.39 is 0 Å². The Morgan fingerprint density at radius 1 is 1.38 bits per heavy atom. The third-order valence-corrected chi connectivity index (χ3v) is 3.91. The molecule has 0 saturated heterocycles. The van der Waals surface area contributed by atoms with Gasteiger partial charge in [0.1, 0.15) is 10.2 Å². The molecule has 2 nitrogen and oxygen atoms in total. The lowest BCUT2D eigenvalue weighted by Gasteiger charge is -1.95. The fraction of sp³-hybridized carbons (Fsp3) is 0.0909. The predicted octanol–water partition coefficient (Wildman–Crippen LogP) is 3.16. The molecule has 2 rings (SSSR count). The molecule has 16 heavy (non-hydrogen) atoms. The first kappa shape index (κ1) is 11.4. The molecular weight excluding hydrogens is 245 g/mol. The molecule has 0 fully saturated rings. The van der Waals surface area contributed by atoms with Crippen LogP contribution < -0.4 is 0 Å². The van der Waals surface area contributed by atoms with Crippen LogP contribution in [0.2, 0.25) is 0 Å². The second kappa shape index (κ2) is 4.84. The van der Waals surface area contributed by atoms with E-state index in [9.17, 15) is 9.18 Å². The van der Waals surface area contributed by atoms with Crippen molar-refractivity contribution in [3.05, 3.63) is 40.6 Å². The average Bonchev–Trinajstić information content (AvgIpc) is 2.63. The molecule has 1 aliphatic heterocycles. The zero-order valence-electron chi connectivity index (χ0n) is 8.44. The van der Waals surface area contributed by atoms with Gasteiger partial charge in [-0.1, -0.05) is 23.9 Å². The summed E-state index contributed by atoms with van der Waals surface area (Å²) in [5, 5.41) is 0. The normalized spacial score (nSPS) is 18.0. The van der Waals surface area contributed by atoms with Crippen LogP contribution in [-0.2, 0) is 4.79 Å². The van der Waals surface area contributed by atoms with E-state index in [4.69, 9.17) is 0 Å². The Hall–Kier alpha value is -1.07. The summed E-state index contributed by atoms with van der Waals surface area (Å²) in [6.45, 7) is 0. The Morgan fingerprint density at radius 2 is 2.06 bits per heavy atom. The lowest BCUT2D eigenvalue weighted by molar-refractivity contribution is -0.113. The van der Waals surface area contributed by atoms with Crippen molar-refractivity contribution in [1.82, 2.24) is 0 Å². The van der Waals surface area contributed by atoms with Crippen molar-refractivity contribution in [3.8, 4) is 0 Å². The third kappa shape index (κ3) is 2.54. The summed E-state index contributed by atoms with van der Waals surface area (Å²) in [5.74, 6) is -0.507. The number of rotatable bonds is 1. The summed E-state index contributed by atoms with van der Waals surface area (Å²) >= 11 is 2.79. The number of hydrogen-bond acceptors (Lipinski definition) is 3. The zero-order valence-corrected chi connectivity index (χ0v) is 10.1. The number of aliphatic imine (C=N–C) groups is 1. The van der Waals surface area contributed by atoms with Gasteiger partial charge in [-0.2, -0.15) is 4.99 Å². The van der Waals surface area contributed by atoms with E-state index in [1.807, 2.05) is 6.26 Å². The Morgan fingerprint density at radius 3 is 2.62 bits per heavy atom. The van der Waals surface area contributed by atoms with Crippen LogP contribution in [0.1, 0.15) is 5.56 Å². The Kier molecular flexibility index (Phi) is 3.46. The summed E-state index contributed by atoms with van der Waals surface area (Å²) in [6, 6.07) is 6.00. The molecule has 0 aromatic heterocycles. The largest absolute Gasteiger partial charge is 0.285 e. The van der Waals surface area contributed by atoms with E-state index in [0.29, 0.717) is 4.91 Å². The van der Waals surface area contributed by atoms with E-state index in [2.05, 4.69) is 4.99 Å². The number of nitrogens with zero attached hydrogens (tertiary/aromatic N) is 1. The van der Waals surface area contributed by atoms with Crippen LogP contribution in [0.15, 0.2) is 34.2 Å². The van der Waals surface area contributed by atoms with Gasteiger partial charge in [0.25, 0.3) is 5.91 Å². The lowest BCUT2D eigenvalue weighted by Crippen LogP contribution is -1.87. The molecule has 0 unspecified atom stereocenters. The molecule has 0 saturated carbocycles. The molecule has 1 aromatic carbocycles. The van der Waals surface area contributed by atoms with Crippen molar-refractivity contribution in [3.63, 3.8) is 0 Å². The van der Waals surface area contributed by atoms with Crippen molar-refractivity contribution >= 4 is 39.9 Å². The first-order valence-electron chi connectivity index (χ1n) is 4.51. The number of benzene rings is 1. The topological polar surface area (TPSA) is 29.4 Å². The molecule has 0 bridgehead atoms. The number of amides is 1. The smallest absolute Gasteiger partial charge is 0.266 e. The number of carbonyl (C=O) groups is 1. The average molecular weight is 253 g/mol. The summed E-state index contributed by atoms with van der Waals surface area (Å²) in [7, 11) is 0. The van der Waals surface area contributed by atoms with Crippen molar-refractivity contribution in [2.24, 2.45) is 4.99 Å². The molecule has 0 N–H and O–H groups in total. The van der Waals surface area contributed by atoms with Gasteiger partial charge in [-0.3, -0.25) is 4.79 Å². The van der Waals surface area contributed by atoms with Crippen LogP contribution in [0.25, 0.3) is 6.08 Å². The fourth-order valence-corrected chi connectivity index (χ4v) is 2.61. The third-order valence-electron chi connectivity index (χ3n) is 1.94. The van der Waals surface area contributed by atoms with Gasteiger partial charge in [0.05, 0.1) is 4.91 Å². The zero-order chi connectivity index (χ0) is 11.5. The number of thioether (sulfide) groups is 2. The maximum Gasteiger partial charge on any atom is 0.285 e. The van der Waals surface area contributed by atoms with Crippen molar-refractivity contribution in [2.75, 3.05) is 6.26 Å².